The Kier molecular flexibility index (Phi) is 5.44. The second kappa shape index (κ2) is 7.81. The van der Waals surface area contributed by atoms with E-state index in [4.69, 9.17) is 4.52 Å². The minimum absolute atomic E-state index is 0.0821. The van der Waals surface area contributed by atoms with Crippen molar-refractivity contribution in [1.82, 2.24) is 19.9 Å². The first-order valence-corrected chi connectivity index (χ1v) is 11.6. The zero-order chi connectivity index (χ0) is 22.4. The number of piperidine rings is 1. The molecule has 168 valence electrons. The van der Waals surface area contributed by atoms with Gasteiger partial charge in [-0.15, -0.1) is 0 Å². The number of amides is 2. The Hall–Kier alpha value is -2.63. The average molecular weight is 458 g/mol. The van der Waals surface area contributed by atoms with Crippen LogP contribution in [0.5, 0.6) is 0 Å². The molecular formula is C19H21F3N4O4S. The molecule has 4 rings (SSSR count). The molecule has 3 heterocycles. The number of sulfone groups is 1. The van der Waals surface area contributed by atoms with Crippen molar-refractivity contribution in [3.05, 3.63) is 47.1 Å². The number of aromatic nitrogens is 2. The highest BCUT2D eigenvalue weighted by atomic mass is 32.2. The largest absolute Gasteiger partial charge is 0.416 e. The summed E-state index contributed by atoms with van der Waals surface area (Å²) in [5, 5.41) is 3.79. The Labute approximate surface area is 176 Å². The molecule has 8 nitrogen and oxygen atoms in total. The number of nitrogens with zero attached hydrogens (tertiary/aromatic N) is 4. The summed E-state index contributed by atoms with van der Waals surface area (Å²) in [5.74, 6) is -0.211. The van der Waals surface area contributed by atoms with Gasteiger partial charge in [-0.05, 0) is 31.0 Å². The van der Waals surface area contributed by atoms with Gasteiger partial charge in [0.1, 0.15) is 5.88 Å². The third kappa shape index (κ3) is 4.68. The van der Waals surface area contributed by atoms with E-state index in [1.165, 1.54) is 21.9 Å². The number of likely N-dealkylation sites (tertiary alicyclic amines) is 1. The molecule has 2 aliphatic heterocycles. The van der Waals surface area contributed by atoms with E-state index in [1.807, 2.05) is 0 Å². The molecule has 2 saturated heterocycles. The number of rotatable bonds is 2. The van der Waals surface area contributed by atoms with Gasteiger partial charge in [0.25, 0.3) is 0 Å². The lowest BCUT2D eigenvalue weighted by Crippen LogP contribution is -2.48. The molecule has 1 aromatic carbocycles. The lowest BCUT2D eigenvalue weighted by Gasteiger charge is -2.38. The quantitative estimate of drug-likeness (QED) is 0.687. The zero-order valence-corrected chi connectivity index (χ0v) is 17.5. The van der Waals surface area contributed by atoms with Crippen molar-refractivity contribution in [2.45, 2.75) is 31.4 Å². The van der Waals surface area contributed by atoms with Crippen LogP contribution in [-0.2, 0) is 16.0 Å². The number of carbonyl (C=O) groups is 1. The maximum atomic E-state index is 13.0. The lowest BCUT2D eigenvalue weighted by atomic mass is 9.84. The minimum Gasteiger partial charge on any atom is -0.339 e. The normalized spacial score (nSPS) is 23.9. The van der Waals surface area contributed by atoms with E-state index in [0.29, 0.717) is 23.7 Å². The molecule has 2 amide bonds. The summed E-state index contributed by atoms with van der Waals surface area (Å²) in [5.41, 5.74) is -0.0906. The average Bonchev–Trinajstić information content (AvgIpc) is 3.31. The second-order valence-corrected chi connectivity index (χ2v) is 10.1. The minimum atomic E-state index is -4.43. The van der Waals surface area contributed by atoms with Gasteiger partial charge in [0.2, 0.25) is 5.89 Å². The van der Waals surface area contributed by atoms with Crippen LogP contribution in [0.2, 0.25) is 0 Å². The number of hydrogen-bond donors (Lipinski definition) is 0. The van der Waals surface area contributed by atoms with Crippen molar-refractivity contribution >= 4 is 15.9 Å². The summed E-state index contributed by atoms with van der Waals surface area (Å²) in [6, 6.07) is 4.46. The number of alkyl halides is 3. The SMILES string of the molecule is Cc1noc(C2CC(c3ccc(C(F)(F)F)cc3)CN(C(=O)N3CCS(=O)(=O)C3)C2)n1. The van der Waals surface area contributed by atoms with Crippen molar-refractivity contribution < 1.29 is 30.9 Å². The van der Waals surface area contributed by atoms with Crippen LogP contribution in [-0.4, -0.2) is 65.7 Å². The van der Waals surface area contributed by atoms with Gasteiger partial charge in [0.15, 0.2) is 15.7 Å². The van der Waals surface area contributed by atoms with Crippen LogP contribution < -0.4 is 0 Å². The summed E-state index contributed by atoms with van der Waals surface area (Å²) in [6.07, 6.45) is -3.92. The van der Waals surface area contributed by atoms with Crippen molar-refractivity contribution in [3.8, 4) is 0 Å². The monoisotopic (exact) mass is 458 g/mol. The topological polar surface area (TPSA) is 96.6 Å². The smallest absolute Gasteiger partial charge is 0.339 e. The molecule has 0 spiro atoms. The maximum Gasteiger partial charge on any atom is 0.416 e. The molecule has 0 saturated carbocycles. The van der Waals surface area contributed by atoms with E-state index in [1.54, 1.807) is 6.92 Å². The molecule has 2 unspecified atom stereocenters. The van der Waals surface area contributed by atoms with E-state index in [-0.39, 0.29) is 43.1 Å². The molecule has 2 aromatic rings. The van der Waals surface area contributed by atoms with E-state index < -0.39 is 27.6 Å². The number of halogens is 3. The first-order chi connectivity index (χ1) is 14.5. The Morgan fingerprint density at radius 2 is 1.81 bits per heavy atom. The number of hydrogen-bond acceptors (Lipinski definition) is 6. The molecule has 0 bridgehead atoms. The van der Waals surface area contributed by atoms with Gasteiger partial charge in [-0.25, -0.2) is 13.2 Å². The molecule has 12 heteroatoms. The molecule has 2 atom stereocenters. The third-order valence-electron chi connectivity index (χ3n) is 5.62. The van der Waals surface area contributed by atoms with Crippen LogP contribution in [0.4, 0.5) is 18.0 Å². The predicted octanol–water partition coefficient (Wildman–Crippen LogP) is 2.78. The Morgan fingerprint density at radius 1 is 1.13 bits per heavy atom. The summed E-state index contributed by atoms with van der Waals surface area (Å²) in [6.45, 7) is 2.30. The van der Waals surface area contributed by atoms with E-state index in [0.717, 1.165) is 12.1 Å². The van der Waals surface area contributed by atoms with Crippen LogP contribution in [0.15, 0.2) is 28.8 Å². The van der Waals surface area contributed by atoms with Gasteiger partial charge in [-0.2, -0.15) is 18.2 Å². The molecule has 0 radical (unpaired) electrons. The van der Waals surface area contributed by atoms with E-state index in [9.17, 15) is 26.4 Å². The molecule has 0 N–H and O–H groups in total. The second-order valence-electron chi connectivity index (χ2n) is 7.96. The lowest BCUT2D eigenvalue weighted by molar-refractivity contribution is -0.137. The van der Waals surface area contributed by atoms with Gasteiger partial charge in [-0.3, -0.25) is 0 Å². The zero-order valence-electron chi connectivity index (χ0n) is 16.7. The van der Waals surface area contributed by atoms with Crippen LogP contribution in [0.25, 0.3) is 0 Å². The van der Waals surface area contributed by atoms with E-state index >= 15 is 0 Å². The standard InChI is InChI=1S/C19H21F3N4O4S/c1-12-23-17(30-24-12)15-8-14(13-2-4-16(5-3-13)19(20,21)22)9-26(10-15)18(27)25-6-7-31(28,29)11-25/h2-5,14-15H,6-11H2,1H3. The Balaban J connectivity index is 1.60. The first kappa shape index (κ1) is 21.6. The maximum absolute atomic E-state index is 13.0. The van der Waals surface area contributed by atoms with Gasteiger partial charge in [0.05, 0.1) is 17.2 Å². The highest BCUT2D eigenvalue weighted by Crippen LogP contribution is 2.37. The number of aryl methyl sites for hydroxylation is 1. The van der Waals surface area contributed by atoms with Crippen LogP contribution in [0.1, 0.15) is 41.1 Å². The summed E-state index contributed by atoms with van der Waals surface area (Å²) < 4.78 is 67.6. The third-order valence-corrected chi connectivity index (χ3v) is 7.13. The van der Waals surface area contributed by atoms with Crippen molar-refractivity contribution in [1.29, 1.82) is 0 Å². The summed E-state index contributed by atoms with van der Waals surface area (Å²) in [4.78, 5) is 20.1. The van der Waals surface area contributed by atoms with E-state index in [2.05, 4.69) is 10.1 Å². The molecular weight excluding hydrogens is 437 g/mol. The van der Waals surface area contributed by atoms with Crippen LogP contribution in [0, 0.1) is 6.92 Å². The fraction of sp³-hybridized carbons (Fsp3) is 0.526. The van der Waals surface area contributed by atoms with Gasteiger partial charge in [-0.1, -0.05) is 17.3 Å². The van der Waals surface area contributed by atoms with Gasteiger partial charge < -0.3 is 14.3 Å². The number of urea groups is 1. The fourth-order valence-corrected chi connectivity index (χ4v) is 5.41. The highest BCUT2D eigenvalue weighted by Gasteiger charge is 2.39. The molecule has 2 aliphatic rings. The fourth-order valence-electron chi connectivity index (χ4n) is 4.07. The molecule has 1 aromatic heterocycles. The van der Waals surface area contributed by atoms with Crippen molar-refractivity contribution in [2.75, 3.05) is 31.3 Å². The first-order valence-electron chi connectivity index (χ1n) is 9.73. The van der Waals surface area contributed by atoms with Gasteiger partial charge in [0, 0.05) is 25.6 Å². The van der Waals surface area contributed by atoms with Crippen LogP contribution >= 0.6 is 0 Å². The van der Waals surface area contributed by atoms with Crippen LogP contribution in [0.3, 0.4) is 0 Å². The van der Waals surface area contributed by atoms with Crippen molar-refractivity contribution in [2.24, 2.45) is 0 Å². The predicted molar refractivity (Wildman–Crippen MR) is 103 cm³/mol. The molecule has 2 fully saturated rings. The Bertz CT molecular complexity index is 1070. The number of carbonyl (C=O) groups excluding carboxylic acids is 1. The number of benzene rings is 1. The highest BCUT2D eigenvalue weighted by molar-refractivity contribution is 7.91. The van der Waals surface area contributed by atoms with Crippen molar-refractivity contribution in [3.63, 3.8) is 0 Å². The van der Waals surface area contributed by atoms with Gasteiger partial charge >= 0.3 is 12.2 Å². The molecule has 31 heavy (non-hydrogen) atoms. The summed E-state index contributed by atoms with van der Waals surface area (Å²) >= 11 is 0. The Morgan fingerprint density at radius 3 is 2.35 bits per heavy atom. The summed E-state index contributed by atoms with van der Waals surface area (Å²) in [7, 11) is -3.29. The molecule has 0 aliphatic carbocycles.